The first-order chi connectivity index (χ1) is 14.2. The zero-order valence-corrected chi connectivity index (χ0v) is 16.1. The van der Waals surface area contributed by atoms with Crippen LogP contribution in [0, 0.1) is 0 Å². The Balaban J connectivity index is 1.81. The van der Waals surface area contributed by atoms with E-state index in [2.05, 4.69) is 10.3 Å². The largest absolute Gasteiger partial charge is 0.417 e. The summed E-state index contributed by atoms with van der Waals surface area (Å²) in [5.74, 6) is 0. The van der Waals surface area contributed by atoms with Crippen LogP contribution in [0.3, 0.4) is 0 Å². The van der Waals surface area contributed by atoms with Crippen LogP contribution in [0.1, 0.15) is 11.1 Å². The molecular formula is C19H13ClF3N5O2. The molecule has 0 aliphatic carbocycles. The van der Waals surface area contributed by atoms with E-state index in [0.29, 0.717) is 11.2 Å². The van der Waals surface area contributed by atoms with Crippen molar-refractivity contribution in [1.82, 2.24) is 24.1 Å². The zero-order valence-electron chi connectivity index (χ0n) is 15.4. The lowest BCUT2D eigenvalue weighted by atomic mass is 10.1. The molecule has 2 heterocycles. The first-order valence-electron chi connectivity index (χ1n) is 8.64. The molecule has 0 fully saturated rings. The fourth-order valence-corrected chi connectivity index (χ4v) is 3.42. The van der Waals surface area contributed by atoms with Gasteiger partial charge in [0.05, 0.1) is 28.3 Å². The molecule has 4 aromatic rings. The smallest absolute Gasteiger partial charge is 0.269 e. The van der Waals surface area contributed by atoms with Crippen molar-refractivity contribution in [3.05, 3.63) is 85.6 Å². The molecule has 0 radical (unpaired) electrons. The van der Waals surface area contributed by atoms with Gasteiger partial charge in [0.25, 0.3) is 5.56 Å². The monoisotopic (exact) mass is 435 g/mol. The normalized spacial score (nSPS) is 11.9. The van der Waals surface area contributed by atoms with Gasteiger partial charge in [0.2, 0.25) is 0 Å². The third-order valence-corrected chi connectivity index (χ3v) is 5.10. The molecule has 0 aliphatic rings. The molecule has 2 aromatic heterocycles. The Labute approximate surface area is 171 Å². The molecule has 0 spiro atoms. The average molecular weight is 436 g/mol. The lowest BCUT2D eigenvalue weighted by Gasteiger charge is -2.14. The standard InChI is InChI=1S/C19H13ClF3N5O2/c1-26-15-6-5-12(9-14(15)24-25-26)27-8-7-16(29)28(18(27)30)10-11-3-2-4-13(17(11)20)19(21,22)23/h2-9H,10H2,1H3. The van der Waals surface area contributed by atoms with Gasteiger partial charge in [-0.2, -0.15) is 13.2 Å². The predicted octanol–water partition coefficient (Wildman–Crippen LogP) is 3.00. The van der Waals surface area contributed by atoms with E-state index in [1.165, 1.54) is 22.9 Å². The van der Waals surface area contributed by atoms with E-state index in [9.17, 15) is 22.8 Å². The van der Waals surface area contributed by atoms with Crippen LogP contribution in [0.2, 0.25) is 5.02 Å². The molecule has 154 valence electrons. The van der Waals surface area contributed by atoms with Crippen LogP contribution in [0.4, 0.5) is 13.2 Å². The molecule has 11 heteroatoms. The average Bonchev–Trinajstić information content (AvgIpc) is 3.05. The Morgan fingerprint density at radius 2 is 1.87 bits per heavy atom. The summed E-state index contributed by atoms with van der Waals surface area (Å²) >= 11 is 5.91. The lowest BCUT2D eigenvalue weighted by molar-refractivity contribution is -0.137. The molecule has 30 heavy (non-hydrogen) atoms. The van der Waals surface area contributed by atoms with Crippen LogP contribution < -0.4 is 11.2 Å². The van der Waals surface area contributed by atoms with Crippen molar-refractivity contribution in [1.29, 1.82) is 0 Å². The molecule has 0 N–H and O–H groups in total. The molecule has 0 aliphatic heterocycles. The van der Waals surface area contributed by atoms with E-state index in [4.69, 9.17) is 11.6 Å². The number of benzene rings is 2. The summed E-state index contributed by atoms with van der Waals surface area (Å²) in [6.07, 6.45) is -3.35. The highest BCUT2D eigenvalue weighted by Gasteiger charge is 2.33. The van der Waals surface area contributed by atoms with Crippen molar-refractivity contribution >= 4 is 22.6 Å². The minimum absolute atomic E-state index is 0.00724. The van der Waals surface area contributed by atoms with Gasteiger partial charge >= 0.3 is 11.9 Å². The number of aromatic nitrogens is 5. The van der Waals surface area contributed by atoms with Crippen molar-refractivity contribution < 1.29 is 13.2 Å². The number of aryl methyl sites for hydroxylation is 1. The lowest BCUT2D eigenvalue weighted by Crippen LogP contribution is -2.38. The van der Waals surface area contributed by atoms with Crippen molar-refractivity contribution in [3.63, 3.8) is 0 Å². The van der Waals surface area contributed by atoms with Crippen LogP contribution in [0.5, 0.6) is 0 Å². The fourth-order valence-electron chi connectivity index (χ4n) is 3.13. The maximum atomic E-state index is 13.1. The molecule has 0 saturated carbocycles. The number of fused-ring (bicyclic) bond motifs is 1. The summed E-state index contributed by atoms with van der Waals surface area (Å²) in [5, 5.41) is 7.34. The SMILES string of the molecule is Cn1nnc2cc(-n3ccc(=O)n(Cc4cccc(C(F)(F)F)c4Cl)c3=O)ccc21. The summed E-state index contributed by atoms with van der Waals surface area (Å²) in [6.45, 7) is -0.408. The first kappa shape index (κ1) is 19.9. The van der Waals surface area contributed by atoms with E-state index < -0.39 is 34.6 Å². The van der Waals surface area contributed by atoms with Gasteiger partial charge in [0.1, 0.15) is 5.52 Å². The van der Waals surface area contributed by atoms with E-state index in [0.717, 1.165) is 22.2 Å². The third kappa shape index (κ3) is 3.39. The highest BCUT2D eigenvalue weighted by atomic mass is 35.5. The van der Waals surface area contributed by atoms with Gasteiger partial charge in [-0.15, -0.1) is 5.10 Å². The van der Waals surface area contributed by atoms with Crippen LogP contribution in [0.25, 0.3) is 16.7 Å². The Morgan fingerprint density at radius 1 is 1.10 bits per heavy atom. The van der Waals surface area contributed by atoms with Gasteiger partial charge < -0.3 is 0 Å². The van der Waals surface area contributed by atoms with Gasteiger partial charge in [-0.3, -0.25) is 13.9 Å². The van der Waals surface area contributed by atoms with Crippen molar-refractivity contribution in [2.45, 2.75) is 12.7 Å². The summed E-state index contributed by atoms with van der Waals surface area (Å²) in [6, 6.07) is 9.51. The second-order valence-corrected chi connectivity index (χ2v) is 6.93. The van der Waals surface area contributed by atoms with Gasteiger partial charge in [0, 0.05) is 19.3 Å². The number of nitrogens with zero attached hydrogens (tertiary/aromatic N) is 5. The maximum absolute atomic E-state index is 13.1. The molecule has 0 bridgehead atoms. The summed E-state index contributed by atoms with van der Waals surface area (Å²) < 4.78 is 42.9. The minimum atomic E-state index is -4.65. The number of halogens is 4. The second kappa shape index (κ2) is 7.13. The van der Waals surface area contributed by atoms with Crippen LogP contribution in [-0.2, 0) is 19.8 Å². The second-order valence-electron chi connectivity index (χ2n) is 6.56. The third-order valence-electron chi connectivity index (χ3n) is 4.65. The van der Waals surface area contributed by atoms with E-state index >= 15 is 0 Å². The molecular weight excluding hydrogens is 423 g/mol. The molecule has 4 rings (SSSR count). The van der Waals surface area contributed by atoms with E-state index in [1.807, 2.05) is 0 Å². The fraction of sp³-hybridized carbons (Fsp3) is 0.158. The Morgan fingerprint density at radius 3 is 2.60 bits per heavy atom. The Kier molecular flexibility index (Phi) is 4.73. The number of rotatable bonds is 3. The van der Waals surface area contributed by atoms with Crippen molar-refractivity contribution in [3.8, 4) is 5.69 Å². The summed E-state index contributed by atoms with van der Waals surface area (Å²) in [4.78, 5) is 25.2. The molecule has 7 nitrogen and oxygen atoms in total. The number of hydrogen-bond donors (Lipinski definition) is 0. The van der Waals surface area contributed by atoms with Gasteiger partial charge in [-0.05, 0) is 29.8 Å². The van der Waals surface area contributed by atoms with Gasteiger partial charge in [-0.25, -0.2) is 9.48 Å². The van der Waals surface area contributed by atoms with Gasteiger partial charge in [0.15, 0.2) is 0 Å². The number of hydrogen-bond acceptors (Lipinski definition) is 4. The first-order valence-corrected chi connectivity index (χ1v) is 9.01. The van der Waals surface area contributed by atoms with Crippen LogP contribution in [-0.4, -0.2) is 24.1 Å². The molecule has 0 amide bonds. The minimum Gasteiger partial charge on any atom is -0.269 e. The predicted molar refractivity (Wildman–Crippen MR) is 104 cm³/mol. The summed E-state index contributed by atoms with van der Waals surface area (Å²) in [5.41, 5.74) is -0.690. The number of alkyl halides is 3. The van der Waals surface area contributed by atoms with Crippen molar-refractivity contribution in [2.24, 2.45) is 7.05 Å². The molecule has 0 atom stereocenters. The van der Waals surface area contributed by atoms with Crippen molar-refractivity contribution in [2.75, 3.05) is 0 Å². The summed E-state index contributed by atoms with van der Waals surface area (Å²) in [7, 11) is 1.72. The topological polar surface area (TPSA) is 74.7 Å². The Bertz CT molecular complexity index is 1390. The van der Waals surface area contributed by atoms with Gasteiger partial charge in [-0.1, -0.05) is 28.9 Å². The Hall–Kier alpha value is -3.40. The highest BCUT2D eigenvalue weighted by Crippen LogP contribution is 2.36. The van der Waals surface area contributed by atoms with E-state index in [1.54, 1.807) is 29.9 Å². The van der Waals surface area contributed by atoms with E-state index in [-0.39, 0.29) is 5.56 Å². The molecule has 2 aromatic carbocycles. The quantitative estimate of drug-likeness (QED) is 0.496. The molecule has 0 unspecified atom stereocenters. The van der Waals surface area contributed by atoms with Crippen LogP contribution >= 0.6 is 11.6 Å². The zero-order chi connectivity index (χ0) is 21.6. The maximum Gasteiger partial charge on any atom is 0.417 e. The molecule has 0 saturated heterocycles. The highest BCUT2D eigenvalue weighted by molar-refractivity contribution is 6.32. The van der Waals surface area contributed by atoms with Crippen LogP contribution in [0.15, 0.2) is 58.3 Å².